The summed E-state index contributed by atoms with van der Waals surface area (Å²) in [6.45, 7) is 3.59. The van der Waals surface area contributed by atoms with Gasteiger partial charge in [-0.2, -0.15) is 5.10 Å². The molecular formula is C19H26N4O2. The van der Waals surface area contributed by atoms with E-state index in [-0.39, 0.29) is 11.9 Å². The first kappa shape index (κ1) is 17.6. The first-order valence-electron chi connectivity index (χ1n) is 8.79. The number of nitrogens with zero attached hydrogens (tertiary/aromatic N) is 3. The van der Waals surface area contributed by atoms with Crippen LogP contribution in [0.25, 0.3) is 0 Å². The van der Waals surface area contributed by atoms with Crippen molar-refractivity contribution in [2.75, 3.05) is 0 Å². The van der Waals surface area contributed by atoms with Crippen molar-refractivity contribution in [2.24, 2.45) is 13.0 Å². The van der Waals surface area contributed by atoms with Crippen LogP contribution in [0.4, 0.5) is 0 Å². The number of nitrogens with one attached hydrogen (secondary N) is 1. The second-order valence-electron chi connectivity index (χ2n) is 7.54. The number of amides is 1. The van der Waals surface area contributed by atoms with Crippen LogP contribution in [0, 0.1) is 5.92 Å². The lowest BCUT2D eigenvalue weighted by Gasteiger charge is -2.18. The van der Waals surface area contributed by atoms with Crippen LogP contribution in [0.15, 0.2) is 30.6 Å². The summed E-state index contributed by atoms with van der Waals surface area (Å²) in [7, 11) is 1.85. The van der Waals surface area contributed by atoms with Crippen LogP contribution in [0.3, 0.4) is 0 Å². The monoisotopic (exact) mass is 342 g/mol. The van der Waals surface area contributed by atoms with Gasteiger partial charge in [0.25, 0.3) is 5.91 Å². The molecule has 25 heavy (non-hydrogen) atoms. The highest BCUT2D eigenvalue weighted by atomic mass is 16.3. The van der Waals surface area contributed by atoms with Crippen molar-refractivity contribution < 1.29 is 9.90 Å². The number of aliphatic hydroxyl groups is 1. The summed E-state index contributed by atoms with van der Waals surface area (Å²) in [4.78, 5) is 17.0. The van der Waals surface area contributed by atoms with Crippen molar-refractivity contribution in [1.82, 2.24) is 20.1 Å². The average Bonchev–Trinajstić information content (AvgIpc) is 3.32. The number of aromatic nitrogens is 3. The molecule has 1 aliphatic rings. The van der Waals surface area contributed by atoms with Crippen LogP contribution >= 0.6 is 0 Å². The molecule has 0 aliphatic heterocycles. The van der Waals surface area contributed by atoms with Gasteiger partial charge in [-0.05, 0) is 63.1 Å². The van der Waals surface area contributed by atoms with E-state index >= 15 is 0 Å². The highest BCUT2D eigenvalue weighted by molar-refractivity contribution is 5.94. The Labute approximate surface area is 148 Å². The number of hydrogen-bond donors (Lipinski definition) is 2. The van der Waals surface area contributed by atoms with E-state index in [1.54, 1.807) is 18.5 Å². The molecule has 0 unspecified atom stereocenters. The lowest BCUT2D eigenvalue weighted by atomic mass is 9.97. The third-order valence-corrected chi connectivity index (χ3v) is 4.62. The Kier molecular flexibility index (Phi) is 4.90. The predicted octanol–water partition coefficient (Wildman–Crippen LogP) is 2.40. The van der Waals surface area contributed by atoms with E-state index in [1.165, 1.54) is 6.33 Å². The third-order valence-electron chi connectivity index (χ3n) is 4.62. The Hall–Kier alpha value is -2.21. The average molecular weight is 342 g/mol. The van der Waals surface area contributed by atoms with E-state index in [9.17, 15) is 9.90 Å². The zero-order valence-corrected chi connectivity index (χ0v) is 15.1. The first-order chi connectivity index (χ1) is 11.8. The van der Waals surface area contributed by atoms with Crippen LogP contribution in [-0.4, -0.2) is 31.4 Å². The Morgan fingerprint density at radius 2 is 2.20 bits per heavy atom. The number of carbonyl (C=O) groups is 1. The van der Waals surface area contributed by atoms with Crippen LogP contribution < -0.4 is 5.32 Å². The molecule has 1 amide bonds. The van der Waals surface area contributed by atoms with Crippen molar-refractivity contribution in [1.29, 1.82) is 0 Å². The quantitative estimate of drug-likeness (QED) is 0.810. The van der Waals surface area contributed by atoms with Crippen molar-refractivity contribution in [3.63, 3.8) is 0 Å². The topological polar surface area (TPSA) is 80.0 Å². The zero-order chi connectivity index (χ0) is 18.0. The molecule has 0 radical (unpaired) electrons. The molecule has 6 heteroatoms. The van der Waals surface area contributed by atoms with E-state index in [0.717, 1.165) is 30.7 Å². The number of benzene rings is 1. The molecule has 6 nitrogen and oxygen atoms in total. The predicted molar refractivity (Wildman–Crippen MR) is 95.0 cm³/mol. The number of hydrogen-bond acceptors (Lipinski definition) is 4. The van der Waals surface area contributed by atoms with Gasteiger partial charge in [0.2, 0.25) is 0 Å². The maximum Gasteiger partial charge on any atom is 0.251 e. The first-order valence-corrected chi connectivity index (χ1v) is 8.79. The van der Waals surface area contributed by atoms with Crippen molar-refractivity contribution in [2.45, 2.75) is 51.2 Å². The third kappa shape index (κ3) is 4.66. The Morgan fingerprint density at radius 3 is 2.80 bits per heavy atom. The van der Waals surface area contributed by atoms with Gasteiger partial charge in [0.05, 0.1) is 11.6 Å². The maximum atomic E-state index is 12.7. The Morgan fingerprint density at radius 1 is 1.44 bits per heavy atom. The minimum absolute atomic E-state index is 0.0926. The fraction of sp³-hybridized carbons (Fsp3) is 0.526. The summed E-state index contributed by atoms with van der Waals surface area (Å²) in [5, 5.41) is 17.1. The molecule has 1 saturated carbocycles. The van der Waals surface area contributed by atoms with Crippen LogP contribution in [0.5, 0.6) is 0 Å². The zero-order valence-electron chi connectivity index (χ0n) is 15.1. The van der Waals surface area contributed by atoms with Crippen LogP contribution in [0.1, 0.15) is 60.9 Å². The molecule has 0 saturated heterocycles. The van der Waals surface area contributed by atoms with E-state index in [0.29, 0.717) is 17.9 Å². The fourth-order valence-electron chi connectivity index (χ4n) is 2.95. The molecule has 2 N–H and O–H groups in total. The van der Waals surface area contributed by atoms with E-state index < -0.39 is 5.60 Å². The van der Waals surface area contributed by atoms with Crippen LogP contribution in [0.2, 0.25) is 0 Å². The number of carbonyl (C=O) groups excluding carboxylic acids is 1. The Balaban J connectivity index is 1.71. The minimum atomic E-state index is -0.708. The van der Waals surface area contributed by atoms with E-state index in [2.05, 4.69) is 15.4 Å². The van der Waals surface area contributed by atoms with Gasteiger partial charge >= 0.3 is 0 Å². The normalized spacial score (nSPS) is 15.8. The summed E-state index contributed by atoms with van der Waals surface area (Å²) < 4.78 is 1.73. The molecule has 0 bridgehead atoms. The molecule has 1 aromatic carbocycles. The minimum Gasteiger partial charge on any atom is -0.390 e. The highest BCUT2D eigenvalue weighted by Crippen LogP contribution is 2.40. The highest BCUT2D eigenvalue weighted by Gasteiger charge is 2.36. The molecule has 2 aromatic rings. The molecule has 1 fully saturated rings. The molecular weight excluding hydrogens is 316 g/mol. The maximum absolute atomic E-state index is 12.7. The molecule has 1 aliphatic carbocycles. The van der Waals surface area contributed by atoms with Gasteiger partial charge in [-0.25, -0.2) is 4.98 Å². The molecule has 134 valence electrons. The number of aryl methyl sites for hydroxylation is 2. The second kappa shape index (κ2) is 6.96. The Bertz CT molecular complexity index is 744. The summed E-state index contributed by atoms with van der Waals surface area (Å²) in [6, 6.07) is 7.51. The van der Waals surface area contributed by atoms with Gasteiger partial charge in [0.15, 0.2) is 0 Å². The van der Waals surface area contributed by atoms with Crippen molar-refractivity contribution >= 4 is 5.91 Å². The smallest absolute Gasteiger partial charge is 0.251 e. The van der Waals surface area contributed by atoms with Gasteiger partial charge in [-0.3, -0.25) is 9.48 Å². The molecule has 1 heterocycles. The van der Waals surface area contributed by atoms with Gasteiger partial charge in [-0.1, -0.05) is 12.1 Å². The van der Waals surface area contributed by atoms with Crippen molar-refractivity contribution in [3.05, 3.63) is 47.5 Å². The standard InChI is InChI=1S/C19H26N4O2/c1-19(2,25)10-9-13-5-4-6-15(11-13)18(24)22-16(14-7-8-14)17-20-12-21-23(17)3/h4-6,11-12,14,16,25H,7-10H2,1-3H3,(H,22,24)/t16-/m0/s1. The summed E-state index contributed by atoms with van der Waals surface area (Å²) in [5.41, 5.74) is 0.984. The summed E-state index contributed by atoms with van der Waals surface area (Å²) in [5.74, 6) is 1.14. The molecule has 3 rings (SSSR count). The summed E-state index contributed by atoms with van der Waals surface area (Å²) in [6.07, 6.45) is 5.11. The molecule has 1 aromatic heterocycles. The van der Waals surface area contributed by atoms with Gasteiger partial charge in [0, 0.05) is 12.6 Å². The summed E-state index contributed by atoms with van der Waals surface area (Å²) >= 11 is 0. The van der Waals surface area contributed by atoms with Crippen molar-refractivity contribution in [3.8, 4) is 0 Å². The van der Waals surface area contributed by atoms with Gasteiger partial charge in [-0.15, -0.1) is 0 Å². The van der Waals surface area contributed by atoms with Gasteiger partial charge < -0.3 is 10.4 Å². The van der Waals surface area contributed by atoms with E-state index in [4.69, 9.17) is 0 Å². The molecule has 1 atom stereocenters. The fourth-order valence-corrected chi connectivity index (χ4v) is 2.95. The SMILES string of the molecule is Cn1ncnc1[C@@H](NC(=O)c1cccc(CCC(C)(C)O)c1)C1CC1. The van der Waals surface area contributed by atoms with Crippen LogP contribution in [-0.2, 0) is 13.5 Å². The molecule has 0 spiro atoms. The van der Waals surface area contributed by atoms with E-state index in [1.807, 2.05) is 31.3 Å². The lowest BCUT2D eigenvalue weighted by Crippen LogP contribution is -2.31. The lowest BCUT2D eigenvalue weighted by molar-refractivity contribution is 0.0714. The largest absolute Gasteiger partial charge is 0.390 e. The second-order valence-corrected chi connectivity index (χ2v) is 7.54. The number of rotatable bonds is 7. The van der Waals surface area contributed by atoms with Gasteiger partial charge in [0.1, 0.15) is 12.2 Å².